The quantitative estimate of drug-likeness (QED) is 0.685. The number of carbonyl (C=O) groups excluding carboxylic acids is 1. The summed E-state index contributed by atoms with van der Waals surface area (Å²) < 4.78 is 31.9. The molecule has 9 heteroatoms. The van der Waals surface area contributed by atoms with E-state index in [-0.39, 0.29) is 10.9 Å². The molecule has 2 aromatic heterocycles. The molecule has 124 valence electrons. The molecule has 0 saturated heterocycles. The summed E-state index contributed by atoms with van der Waals surface area (Å²) in [4.78, 5) is 12.9. The number of carbonyl (C=O) groups is 1. The molecule has 0 bridgehead atoms. The Morgan fingerprint density at radius 2 is 2.17 bits per heavy atom. The number of thiophene rings is 1. The van der Waals surface area contributed by atoms with E-state index in [0.29, 0.717) is 12.0 Å². The molecule has 0 spiro atoms. The number of rotatable bonds is 5. The molecule has 5 nitrogen and oxygen atoms in total. The molecular weight excluding hydrogens is 356 g/mol. The van der Waals surface area contributed by atoms with Gasteiger partial charge in [0.25, 0.3) is 11.1 Å². The summed E-state index contributed by atoms with van der Waals surface area (Å²) in [6, 6.07) is 6.66. The molecule has 0 aliphatic rings. The highest BCUT2D eigenvalue weighted by Crippen LogP contribution is 2.29. The van der Waals surface area contributed by atoms with Crippen molar-refractivity contribution in [1.29, 1.82) is 0 Å². The monoisotopic (exact) mass is 367 g/mol. The van der Waals surface area contributed by atoms with Crippen molar-refractivity contribution in [2.45, 2.75) is 17.4 Å². The number of benzene rings is 1. The summed E-state index contributed by atoms with van der Waals surface area (Å²) in [6.45, 7) is 1.62. The lowest BCUT2D eigenvalue weighted by molar-refractivity contribution is -0.115. The van der Waals surface area contributed by atoms with E-state index >= 15 is 0 Å². The molecule has 0 aliphatic heterocycles. The first-order valence-corrected chi connectivity index (χ1v) is 8.59. The van der Waals surface area contributed by atoms with Crippen LogP contribution >= 0.6 is 23.1 Å². The van der Waals surface area contributed by atoms with Gasteiger partial charge in [0.05, 0.1) is 15.8 Å². The Hall–Kier alpha value is -2.26. The fourth-order valence-electron chi connectivity index (χ4n) is 1.79. The average Bonchev–Trinajstić information content (AvgIpc) is 3.20. The van der Waals surface area contributed by atoms with Crippen molar-refractivity contribution < 1.29 is 18.0 Å². The lowest BCUT2D eigenvalue weighted by Crippen LogP contribution is -2.23. The fourth-order valence-corrected chi connectivity index (χ4v) is 3.11. The minimum Gasteiger partial charge on any atom is -0.410 e. The van der Waals surface area contributed by atoms with Crippen LogP contribution in [0.15, 0.2) is 45.4 Å². The third kappa shape index (κ3) is 3.80. The molecule has 1 atom stereocenters. The van der Waals surface area contributed by atoms with E-state index in [1.807, 2.05) is 17.5 Å². The molecule has 3 rings (SSSR count). The largest absolute Gasteiger partial charge is 0.410 e. The number of thioether (sulfide) groups is 1. The smallest absolute Gasteiger partial charge is 0.277 e. The predicted octanol–water partition coefficient (Wildman–Crippen LogP) is 4.20. The summed E-state index contributed by atoms with van der Waals surface area (Å²) in [7, 11) is 0. The summed E-state index contributed by atoms with van der Waals surface area (Å²) >= 11 is 2.52. The molecule has 0 aliphatic carbocycles. The van der Waals surface area contributed by atoms with Gasteiger partial charge in [-0.1, -0.05) is 17.8 Å². The van der Waals surface area contributed by atoms with Gasteiger partial charge in [0.1, 0.15) is 11.6 Å². The number of aromatic nitrogens is 2. The maximum absolute atomic E-state index is 13.6. The standard InChI is InChI=1S/C15H11F2N3O2S2/c1-8(13(21)18-11-5-4-9(16)7-10(11)17)24-15-20-19-14(22-15)12-3-2-6-23-12/h2-8H,1H3,(H,18,21)/t8-/m0/s1. The molecule has 24 heavy (non-hydrogen) atoms. The van der Waals surface area contributed by atoms with Crippen LogP contribution in [0.3, 0.4) is 0 Å². The molecule has 0 fully saturated rings. The first-order valence-electron chi connectivity index (χ1n) is 6.83. The van der Waals surface area contributed by atoms with Crippen molar-refractivity contribution in [3.8, 4) is 10.8 Å². The lowest BCUT2D eigenvalue weighted by atomic mass is 10.3. The van der Waals surface area contributed by atoms with Gasteiger partial charge in [0, 0.05) is 6.07 Å². The Bertz CT molecular complexity index is 852. The number of hydrogen-bond acceptors (Lipinski definition) is 6. The van der Waals surface area contributed by atoms with Crippen molar-refractivity contribution in [3.05, 3.63) is 47.3 Å². The number of nitrogens with one attached hydrogen (secondary N) is 1. The first-order chi connectivity index (χ1) is 11.5. The van der Waals surface area contributed by atoms with Crippen LogP contribution in [-0.2, 0) is 4.79 Å². The molecule has 2 heterocycles. The Kier molecular flexibility index (Phi) is 4.91. The fraction of sp³-hybridized carbons (Fsp3) is 0.133. The average molecular weight is 367 g/mol. The van der Waals surface area contributed by atoms with Crippen LogP contribution in [-0.4, -0.2) is 21.4 Å². The van der Waals surface area contributed by atoms with Gasteiger partial charge in [0.15, 0.2) is 0 Å². The number of amides is 1. The topological polar surface area (TPSA) is 68.0 Å². The van der Waals surface area contributed by atoms with E-state index in [9.17, 15) is 13.6 Å². The molecule has 0 saturated carbocycles. The Labute approximate surface area is 144 Å². The van der Waals surface area contributed by atoms with E-state index < -0.39 is 22.8 Å². The van der Waals surface area contributed by atoms with Gasteiger partial charge in [-0.2, -0.15) is 0 Å². The molecular formula is C15H11F2N3O2S2. The second-order valence-corrected chi connectivity index (χ2v) is 6.96. The van der Waals surface area contributed by atoms with Crippen LogP contribution < -0.4 is 5.32 Å². The summed E-state index contributed by atoms with van der Waals surface area (Å²) in [5.41, 5.74) is -0.0846. The number of halogens is 2. The summed E-state index contributed by atoms with van der Waals surface area (Å²) in [5.74, 6) is -1.62. The van der Waals surface area contributed by atoms with Crippen molar-refractivity contribution >= 4 is 34.7 Å². The normalized spacial score (nSPS) is 12.1. The maximum atomic E-state index is 13.6. The highest BCUT2D eigenvalue weighted by Gasteiger charge is 2.20. The van der Waals surface area contributed by atoms with E-state index in [2.05, 4.69) is 15.5 Å². The summed E-state index contributed by atoms with van der Waals surface area (Å²) in [5, 5.41) is 11.7. The SMILES string of the molecule is C[C@H](Sc1nnc(-c2cccs2)o1)C(=O)Nc1ccc(F)cc1F. The highest BCUT2D eigenvalue weighted by molar-refractivity contribution is 8.00. The zero-order valence-electron chi connectivity index (χ0n) is 12.3. The highest BCUT2D eigenvalue weighted by atomic mass is 32.2. The van der Waals surface area contributed by atoms with Crippen LogP contribution in [0.1, 0.15) is 6.92 Å². The van der Waals surface area contributed by atoms with E-state index in [1.165, 1.54) is 17.4 Å². The number of hydrogen-bond donors (Lipinski definition) is 1. The van der Waals surface area contributed by atoms with Gasteiger partial charge in [-0.15, -0.1) is 21.5 Å². The second-order valence-electron chi connectivity index (χ2n) is 4.72. The molecule has 1 N–H and O–H groups in total. The van der Waals surface area contributed by atoms with Crippen molar-refractivity contribution in [1.82, 2.24) is 10.2 Å². The third-order valence-electron chi connectivity index (χ3n) is 2.97. The molecule has 3 aromatic rings. The second kappa shape index (κ2) is 7.10. The minimum absolute atomic E-state index is 0.0846. The van der Waals surface area contributed by atoms with Gasteiger partial charge in [-0.25, -0.2) is 8.78 Å². The van der Waals surface area contributed by atoms with Crippen molar-refractivity contribution in [3.63, 3.8) is 0 Å². The van der Waals surface area contributed by atoms with Gasteiger partial charge < -0.3 is 9.73 Å². The zero-order valence-corrected chi connectivity index (χ0v) is 14.0. The van der Waals surface area contributed by atoms with E-state index in [0.717, 1.165) is 22.7 Å². The number of anilines is 1. The van der Waals surface area contributed by atoms with Crippen molar-refractivity contribution in [2.75, 3.05) is 5.32 Å². The van der Waals surface area contributed by atoms with Crippen LogP contribution in [0.25, 0.3) is 10.8 Å². The summed E-state index contributed by atoms with van der Waals surface area (Å²) in [6.07, 6.45) is 0. The van der Waals surface area contributed by atoms with Gasteiger partial charge in [0.2, 0.25) is 5.91 Å². The lowest BCUT2D eigenvalue weighted by Gasteiger charge is -2.10. The Morgan fingerprint density at radius 1 is 1.33 bits per heavy atom. The third-order valence-corrected chi connectivity index (χ3v) is 4.77. The van der Waals surface area contributed by atoms with Gasteiger partial charge in [-0.3, -0.25) is 4.79 Å². The van der Waals surface area contributed by atoms with Crippen LogP contribution in [0.2, 0.25) is 0 Å². The maximum Gasteiger partial charge on any atom is 0.277 e. The molecule has 0 radical (unpaired) electrons. The van der Waals surface area contributed by atoms with Crippen LogP contribution in [0.5, 0.6) is 0 Å². The minimum atomic E-state index is -0.835. The van der Waals surface area contributed by atoms with Gasteiger partial charge >= 0.3 is 0 Å². The van der Waals surface area contributed by atoms with Gasteiger partial charge in [-0.05, 0) is 30.5 Å². The zero-order chi connectivity index (χ0) is 17.1. The Morgan fingerprint density at radius 3 is 2.88 bits per heavy atom. The molecule has 0 unspecified atom stereocenters. The number of nitrogens with zero attached hydrogens (tertiary/aromatic N) is 2. The van der Waals surface area contributed by atoms with E-state index in [4.69, 9.17) is 4.42 Å². The molecule has 1 amide bonds. The first kappa shape index (κ1) is 16.6. The predicted molar refractivity (Wildman–Crippen MR) is 87.9 cm³/mol. The van der Waals surface area contributed by atoms with Crippen LogP contribution in [0.4, 0.5) is 14.5 Å². The van der Waals surface area contributed by atoms with E-state index in [1.54, 1.807) is 6.92 Å². The Balaban J connectivity index is 1.64. The van der Waals surface area contributed by atoms with Crippen molar-refractivity contribution in [2.24, 2.45) is 0 Å². The molecule has 1 aromatic carbocycles. The van der Waals surface area contributed by atoms with Crippen LogP contribution in [0, 0.1) is 11.6 Å².